The summed E-state index contributed by atoms with van der Waals surface area (Å²) < 4.78 is 70.4. The Labute approximate surface area is 369 Å². The molecule has 0 atom stereocenters. The Morgan fingerprint density at radius 1 is 0.724 bits per heavy atom. The second kappa shape index (κ2) is 16.4. The van der Waals surface area contributed by atoms with Crippen molar-refractivity contribution in [3.8, 4) is 67.5 Å². The SMILES string of the molecule is [2H]c1c([2H])c([2H])c(-c2ccnc(-c3[c-]c(-c4cccc5c4nc(-c4cc(C(C)C)cc(C(C)C)c4O)n5-c4ccc(-c5ccccc5)cc4C([2H])([2H])[2H])cc(C(C)(C)C)c3)c2)c([2H])c1[2H].[Pt]. The van der Waals surface area contributed by atoms with Crippen LogP contribution in [0.25, 0.3) is 72.7 Å². The number of aromatic nitrogens is 3. The third-order valence-electron chi connectivity index (χ3n) is 10.6. The van der Waals surface area contributed by atoms with E-state index >= 15 is 0 Å². The van der Waals surface area contributed by atoms with Gasteiger partial charge in [-0.05, 0) is 93.4 Å². The molecule has 0 spiro atoms. The van der Waals surface area contributed by atoms with Gasteiger partial charge in [0.25, 0.3) is 0 Å². The van der Waals surface area contributed by atoms with Crippen LogP contribution in [-0.4, -0.2) is 19.6 Å². The Hall–Kier alpha value is -5.57. The van der Waals surface area contributed by atoms with Crippen LogP contribution in [0.1, 0.15) is 93.5 Å². The van der Waals surface area contributed by atoms with Crippen molar-refractivity contribution < 1.29 is 37.1 Å². The number of benzene rings is 6. The number of phenols is 1. The van der Waals surface area contributed by atoms with Crippen LogP contribution in [0, 0.1) is 12.9 Å². The number of pyridine rings is 1. The Morgan fingerprint density at radius 3 is 2.17 bits per heavy atom. The molecule has 8 aromatic rings. The molecule has 58 heavy (non-hydrogen) atoms. The number of aromatic hydroxyl groups is 1. The number of aryl methyl sites for hydroxylation is 1. The number of nitrogens with zero attached hydrogens (tertiary/aromatic N) is 3. The Kier molecular flexibility index (Phi) is 8.86. The molecule has 0 bridgehead atoms. The second-order valence-electron chi connectivity index (χ2n) is 16.2. The van der Waals surface area contributed by atoms with Gasteiger partial charge in [0.1, 0.15) is 11.6 Å². The summed E-state index contributed by atoms with van der Waals surface area (Å²) in [6, 6.07) is 34.0. The molecule has 8 rings (SSSR count). The number of fused-ring (bicyclic) bond motifs is 1. The van der Waals surface area contributed by atoms with Gasteiger partial charge in [-0.25, -0.2) is 4.98 Å². The number of rotatable bonds is 8. The first-order valence-electron chi connectivity index (χ1n) is 23.4. The fourth-order valence-corrected chi connectivity index (χ4v) is 7.32. The van der Waals surface area contributed by atoms with Crippen LogP contribution >= 0.6 is 0 Å². The van der Waals surface area contributed by atoms with Gasteiger partial charge < -0.3 is 5.11 Å². The van der Waals surface area contributed by atoms with Gasteiger partial charge in [0.15, 0.2) is 0 Å². The predicted octanol–water partition coefficient (Wildman–Crippen LogP) is 14.1. The van der Waals surface area contributed by atoms with Crippen LogP contribution < -0.4 is 0 Å². The third-order valence-corrected chi connectivity index (χ3v) is 10.6. The average Bonchev–Trinajstić information content (AvgIpc) is 3.66. The monoisotopic (exact) mass is 947 g/mol. The molecule has 0 aliphatic rings. The Morgan fingerprint density at radius 2 is 1.47 bits per heavy atom. The smallest absolute Gasteiger partial charge is 0.148 e. The normalized spacial score (nSPS) is 13.9. The van der Waals surface area contributed by atoms with Crippen molar-refractivity contribution in [1.29, 1.82) is 0 Å². The first-order valence-corrected chi connectivity index (χ1v) is 19.4. The van der Waals surface area contributed by atoms with Gasteiger partial charge in [0, 0.05) is 37.1 Å². The van der Waals surface area contributed by atoms with Gasteiger partial charge >= 0.3 is 0 Å². The number of phenolic OH excluding ortho intramolecular Hbond substituents is 1. The maximum atomic E-state index is 12.2. The number of hydrogen-bond acceptors (Lipinski definition) is 3. The van der Waals surface area contributed by atoms with E-state index in [-0.39, 0.29) is 67.3 Å². The number of hydrogen-bond donors (Lipinski definition) is 1. The topological polar surface area (TPSA) is 50.9 Å². The van der Waals surface area contributed by atoms with E-state index in [1.165, 1.54) is 0 Å². The van der Waals surface area contributed by atoms with Crippen molar-refractivity contribution >= 4 is 11.0 Å². The van der Waals surface area contributed by atoms with Crippen LogP contribution in [0.15, 0.2) is 140 Å². The van der Waals surface area contributed by atoms with Gasteiger partial charge in [-0.2, -0.15) is 0 Å². The Bertz CT molecular complexity index is 3120. The van der Waals surface area contributed by atoms with E-state index in [1.807, 2.05) is 97.3 Å². The molecular weight excluding hydrogens is 890 g/mol. The molecular formula is C53H50N3OPt-. The quantitative estimate of drug-likeness (QED) is 0.154. The first-order chi connectivity index (χ1) is 30.6. The number of para-hydroxylation sites is 1. The Balaban J connectivity index is 0.00000648. The fourth-order valence-electron chi connectivity index (χ4n) is 7.32. The summed E-state index contributed by atoms with van der Waals surface area (Å²) in [4.78, 5) is 10.1. The minimum absolute atomic E-state index is 0. The molecule has 5 heteroatoms. The van der Waals surface area contributed by atoms with Crippen LogP contribution in [-0.2, 0) is 26.5 Å². The first kappa shape index (κ1) is 31.4. The standard InChI is InChI=1S/C53H50N3O.Pt/c1-33(2)40-30-45(34(3)4)51(57)46(31-40)52-55-50-44(20-15-21-49(50)56(52)48-23-22-38(26-35(48)5)36-16-11-9-12-17-36)41-27-42(29-43(28-41)53(6,7)8)47-32-39(24-25-54-47)37-18-13-10-14-19-37;/h9-26,28-34,57H,1-8H3;/q-1;/i5D3,10D,13D,14D,18D,19D;. The van der Waals surface area contributed by atoms with Gasteiger partial charge in [-0.1, -0.05) is 150 Å². The number of imidazole rings is 1. The zero-order valence-electron chi connectivity index (χ0n) is 41.7. The molecule has 4 nitrogen and oxygen atoms in total. The second-order valence-corrected chi connectivity index (χ2v) is 16.2. The van der Waals surface area contributed by atoms with Gasteiger partial charge in [-0.3, -0.25) is 9.55 Å². The molecule has 0 radical (unpaired) electrons. The summed E-state index contributed by atoms with van der Waals surface area (Å²) in [5.41, 5.74) is 9.17. The molecule has 2 aromatic heterocycles. The molecule has 0 aliphatic carbocycles. The summed E-state index contributed by atoms with van der Waals surface area (Å²) in [7, 11) is 0. The van der Waals surface area contributed by atoms with Gasteiger partial charge in [-0.15, -0.1) is 29.3 Å². The van der Waals surface area contributed by atoms with Crippen molar-refractivity contribution in [2.24, 2.45) is 0 Å². The minimum atomic E-state index is -2.53. The molecule has 1 N–H and O–H groups in total. The summed E-state index contributed by atoms with van der Waals surface area (Å²) in [5, 5.41) is 12.2. The van der Waals surface area contributed by atoms with Crippen LogP contribution in [0.3, 0.4) is 0 Å². The molecule has 0 aliphatic heterocycles. The molecule has 0 saturated heterocycles. The molecule has 294 valence electrons. The minimum Gasteiger partial charge on any atom is -0.507 e. The summed E-state index contributed by atoms with van der Waals surface area (Å²) in [5.74, 6) is 0.550. The van der Waals surface area contributed by atoms with Crippen molar-refractivity contribution in [2.45, 2.75) is 72.6 Å². The largest absolute Gasteiger partial charge is 0.507 e. The van der Waals surface area contributed by atoms with E-state index in [9.17, 15) is 5.11 Å². The van der Waals surface area contributed by atoms with Crippen LogP contribution in [0.4, 0.5) is 0 Å². The van der Waals surface area contributed by atoms with Crippen molar-refractivity contribution in [1.82, 2.24) is 14.5 Å². The molecule has 0 unspecified atom stereocenters. The maximum Gasteiger partial charge on any atom is 0.148 e. The van der Waals surface area contributed by atoms with E-state index in [0.717, 1.165) is 27.8 Å². The molecule has 2 heterocycles. The van der Waals surface area contributed by atoms with Gasteiger partial charge in [0.05, 0.1) is 29.1 Å². The van der Waals surface area contributed by atoms with Crippen molar-refractivity contribution in [3.63, 3.8) is 0 Å². The fraction of sp³-hybridized carbons (Fsp3) is 0.208. The van der Waals surface area contributed by atoms with Crippen molar-refractivity contribution in [2.75, 3.05) is 0 Å². The van der Waals surface area contributed by atoms with E-state index in [0.29, 0.717) is 56.1 Å². The molecule has 6 aromatic carbocycles. The maximum absolute atomic E-state index is 12.2. The van der Waals surface area contributed by atoms with E-state index in [2.05, 4.69) is 46.8 Å². The third kappa shape index (κ3) is 7.83. The van der Waals surface area contributed by atoms with Gasteiger partial charge in [0.2, 0.25) is 0 Å². The van der Waals surface area contributed by atoms with Crippen LogP contribution in [0.2, 0.25) is 0 Å². The zero-order valence-corrected chi connectivity index (χ0v) is 35.9. The predicted molar refractivity (Wildman–Crippen MR) is 238 cm³/mol. The molecule has 0 saturated carbocycles. The van der Waals surface area contributed by atoms with E-state index in [4.69, 9.17) is 20.9 Å². The zero-order chi connectivity index (χ0) is 46.9. The van der Waals surface area contributed by atoms with E-state index in [1.54, 1.807) is 24.4 Å². The summed E-state index contributed by atoms with van der Waals surface area (Å²) in [6.07, 6.45) is 1.56. The van der Waals surface area contributed by atoms with Crippen LogP contribution in [0.5, 0.6) is 5.75 Å². The molecule has 0 amide bonds. The summed E-state index contributed by atoms with van der Waals surface area (Å²) >= 11 is 0. The average molecular weight is 948 g/mol. The summed E-state index contributed by atoms with van der Waals surface area (Å²) in [6.45, 7) is 12.0. The van der Waals surface area contributed by atoms with Crippen molar-refractivity contribution in [3.05, 3.63) is 168 Å². The molecule has 0 fully saturated rings. The van der Waals surface area contributed by atoms with E-state index < -0.39 is 25.0 Å².